The first-order chi connectivity index (χ1) is 11.7. The van der Waals surface area contributed by atoms with Gasteiger partial charge in [0.1, 0.15) is 11.8 Å². The van der Waals surface area contributed by atoms with E-state index < -0.39 is 0 Å². The summed E-state index contributed by atoms with van der Waals surface area (Å²) in [6.45, 7) is 2.41. The Labute approximate surface area is 147 Å². The molecule has 0 saturated heterocycles. The molecule has 4 nitrogen and oxygen atoms in total. The summed E-state index contributed by atoms with van der Waals surface area (Å²) in [7, 11) is 0. The SMILES string of the molecule is CC(Nc1ccc(SCCCO)cc1)c1ccc(OCC#N)cc1. The van der Waals surface area contributed by atoms with Gasteiger partial charge in [-0.1, -0.05) is 12.1 Å². The molecule has 2 N–H and O–H groups in total. The van der Waals surface area contributed by atoms with Crippen molar-refractivity contribution < 1.29 is 9.84 Å². The topological polar surface area (TPSA) is 65.3 Å². The first kappa shape index (κ1) is 18.2. The maximum absolute atomic E-state index is 8.81. The van der Waals surface area contributed by atoms with Crippen LogP contribution in [0.2, 0.25) is 0 Å². The third-order valence-electron chi connectivity index (χ3n) is 3.49. The van der Waals surface area contributed by atoms with Gasteiger partial charge in [-0.05, 0) is 55.3 Å². The average Bonchev–Trinajstić information content (AvgIpc) is 2.62. The molecule has 0 saturated carbocycles. The number of hydrogen-bond acceptors (Lipinski definition) is 5. The van der Waals surface area contributed by atoms with Gasteiger partial charge in [0.15, 0.2) is 6.61 Å². The molecule has 0 aliphatic heterocycles. The number of aliphatic hydroxyl groups excluding tert-OH is 1. The number of rotatable bonds is 9. The number of ether oxygens (including phenoxy) is 1. The lowest BCUT2D eigenvalue weighted by Gasteiger charge is -2.16. The van der Waals surface area contributed by atoms with Crippen molar-refractivity contribution in [3.8, 4) is 11.8 Å². The highest BCUT2D eigenvalue weighted by Crippen LogP contribution is 2.24. The van der Waals surface area contributed by atoms with Gasteiger partial charge in [-0.3, -0.25) is 0 Å². The van der Waals surface area contributed by atoms with Crippen molar-refractivity contribution in [3.63, 3.8) is 0 Å². The Morgan fingerprint density at radius 1 is 1.17 bits per heavy atom. The quantitative estimate of drug-likeness (QED) is 0.527. The number of thioether (sulfide) groups is 1. The summed E-state index contributed by atoms with van der Waals surface area (Å²) < 4.78 is 5.26. The standard InChI is InChI=1S/C19H22N2O2S/c1-15(16-3-7-18(8-4-16)23-13-11-20)21-17-5-9-19(10-6-17)24-14-2-12-22/h3-10,15,21-22H,2,12-14H2,1H3. The third kappa shape index (κ3) is 5.80. The van der Waals surface area contributed by atoms with Gasteiger partial charge in [0.2, 0.25) is 0 Å². The van der Waals surface area contributed by atoms with Crippen LogP contribution in [0.4, 0.5) is 5.69 Å². The summed E-state index contributed by atoms with van der Waals surface area (Å²) in [5, 5.41) is 20.8. The second kappa shape index (κ2) is 9.86. The molecule has 0 aliphatic carbocycles. The monoisotopic (exact) mass is 342 g/mol. The van der Waals surface area contributed by atoms with E-state index in [-0.39, 0.29) is 19.3 Å². The molecule has 0 spiro atoms. The molecule has 2 aromatic rings. The summed E-state index contributed by atoms with van der Waals surface area (Å²) in [4.78, 5) is 1.21. The van der Waals surface area contributed by atoms with E-state index in [1.54, 1.807) is 11.8 Å². The second-order valence-corrected chi connectivity index (χ2v) is 6.50. The number of anilines is 1. The highest BCUT2D eigenvalue weighted by molar-refractivity contribution is 7.99. The van der Waals surface area contributed by atoms with Crippen LogP contribution >= 0.6 is 11.8 Å². The van der Waals surface area contributed by atoms with E-state index in [0.29, 0.717) is 5.75 Å². The number of benzene rings is 2. The fourth-order valence-electron chi connectivity index (χ4n) is 2.20. The molecule has 126 valence electrons. The Kier molecular flexibility index (Phi) is 7.47. The van der Waals surface area contributed by atoms with E-state index in [0.717, 1.165) is 23.4 Å². The Morgan fingerprint density at radius 2 is 1.88 bits per heavy atom. The Balaban J connectivity index is 1.89. The zero-order valence-corrected chi connectivity index (χ0v) is 14.6. The minimum atomic E-state index is 0.0653. The molecule has 24 heavy (non-hydrogen) atoms. The highest BCUT2D eigenvalue weighted by atomic mass is 32.2. The fraction of sp³-hybridized carbons (Fsp3) is 0.316. The van der Waals surface area contributed by atoms with Crippen LogP contribution in [0.1, 0.15) is 24.9 Å². The number of aliphatic hydroxyl groups is 1. The summed E-state index contributed by atoms with van der Waals surface area (Å²) >= 11 is 1.75. The Bertz CT molecular complexity index is 651. The van der Waals surface area contributed by atoms with Gasteiger partial charge in [-0.15, -0.1) is 11.8 Å². The van der Waals surface area contributed by atoms with Crippen LogP contribution in [0.25, 0.3) is 0 Å². The van der Waals surface area contributed by atoms with Gasteiger partial charge >= 0.3 is 0 Å². The van der Waals surface area contributed by atoms with Crippen molar-refractivity contribution in [1.82, 2.24) is 0 Å². The molecule has 1 atom stereocenters. The predicted octanol–water partition coefficient (Wildman–Crippen LogP) is 4.24. The van der Waals surface area contributed by atoms with Crippen LogP contribution in [0.5, 0.6) is 5.75 Å². The molecule has 2 rings (SSSR count). The molecule has 2 aromatic carbocycles. The summed E-state index contributed by atoms with van der Waals surface area (Å²) in [5.41, 5.74) is 2.22. The van der Waals surface area contributed by atoms with E-state index in [1.807, 2.05) is 30.3 Å². The van der Waals surface area contributed by atoms with Gasteiger partial charge in [-0.25, -0.2) is 0 Å². The smallest absolute Gasteiger partial charge is 0.174 e. The molecule has 1 unspecified atom stereocenters. The zero-order valence-electron chi connectivity index (χ0n) is 13.7. The van der Waals surface area contributed by atoms with E-state index in [2.05, 4.69) is 36.5 Å². The predicted molar refractivity (Wildman–Crippen MR) is 98.5 cm³/mol. The Morgan fingerprint density at radius 3 is 2.50 bits per heavy atom. The van der Waals surface area contributed by atoms with Crippen LogP contribution in [0.15, 0.2) is 53.4 Å². The molecular weight excluding hydrogens is 320 g/mol. The summed E-state index contributed by atoms with van der Waals surface area (Å²) in [6, 6.07) is 18.2. The largest absolute Gasteiger partial charge is 0.479 e. The molecule has 0 heterocycles. The van der Waals surface area contributed by atoms with E-state index >= 15 is 0 Å². The fourth-order valence-corrected chi connectivity index (χ4v) is 3.04. The lowest BCUT2D eigenvalue weighted by molar-refractivity contribution is 0.296. The van der Waals surface area contributed by atoms with Crippen molar-refractivity contribution in [2.24, 2.45) is 0 Å². The van der Waals surface area contributed by atoms with Crippen LogP contribution < -0.4 is 10.1 Å². The van der Waals surface area contributed by atoms with Gasteiger partial charge in [0.05, 0.1) is 0 Å². The molecule has 0 aromatic heterocycles. The number of nitrogens with zero attached hydrogens (tertiary/aromatic N) is 1. The second-order valence-electron chi connectivity index (χ2n) is 5.33. The van der Waals surface area contributed by atoms with Crippen molar-refractivity contribution >= 4 is 17.4 Å². The molecule has 0 radical (unpaired) electrons. The first-order valence-corrected chi connectivity index (χ1v) is 8.91. The van der Waals surface area contributed by atoms with E-state index in [9.17, 15) is 0 Å². The maximum Gasteiger partial charge on any atom is 0.174 e. The third-order valence-corrected chi connectivity index (χ3v) is 4.59. The minimum absolute atomic E-state index is 0.0653. The highest BCUT2D eigenvalue weighted by Gasteiger charge is 2.06. The summed E-state index contributed by atoms with van der Waals surface area (Å²) in [5.74, 6) is 1.64. The van der Waals surface area contributed by atoms with Gasteiger partial charge < -0.3 is 15.2 Å². The van der Waals surface area contributed by atoms with Crippen LogP contribution in [-0.4, -0.2) is 24.1 Å². The molecule has 5 heteroatoms. The van der Waals surface area contributed by atoms with Crippen molar-refractivity contribution in [1.29, 1.82) is 5.26 Å². The first-order valence-electron chi connectivity index (χ1n) is 7.93. The molecule has 0 aliphatic rings. The van der Waals surface area contributed by atoms with Gasteiger partial charge in [-0.2, -0.15) is 5.26 Å². The van der Waals surface area contributed by atoms with Gasteiger partial charge in [0.25, 0.3) is 0 Å². The van der Waals surface area contributed by atoms with Crippen LogP contribution in [-0.2, 0) is 0 Å². The molecule has 0 amide bonds. The zero-order chi connectivity index (χ0) is 17.2. The normalized spacial score (nSPS) is 11.5. The lowest BCUT2D eigenvalue weighted by Crippen LogP contribution is -2.06. The van der Waals surface area contributed by atoms with E-state index in [4.69, 9.17) is 15.1 Å². The van der Waals surface area contributed by atoms with Crippen molar-refractivity contribution in [3.05, 3.63) is 54.1 Å². The number of nitriles is 1. The van der Waals surface area contributed by atoms with Crippen LogP contribution in [0, 0.1) is 11.3 Å². The number of hydrogen-bond donors (Lipinski definition) is 2. The molecular formula is C19H22N2O2S. The average molecular weight is 342 g/mol. The molecule has 0 fully saturated rings. The lowest BCUT2D eigenvalue weighted by atomic mass is 10.1. The molecule has 0 bridgehead atoms. The van der Waals surface area contributed by atoms with Crippen molar-refractivity contribution in [2.75, 3.05) is 24.3 Å². The van der Waals surface area contributed by atoms with Crippen molar-refractivity contribution in [2.45, 2.75) is 24.3 Å². The Hall–Kier alpha value is -2.16. The van der Waals surface area contributed by atoms with Crippen LogP contribution in [0.3, 0.4) is 0 Å². The van der Waals surface area contributed by atoms with Gasteiger partial charge in [0, 0.05) is 29.0 Å². The minimum Gasteiger partial charge on any atom is -0.479 e. The van der Waals surface area contributed by atoms with E-state index in [1.165, 1.54) is 4.90 Å². The number of nitrogens with one attached hydrogen (secondary N) is 1. The summed E-state index contributed by atoms with van der Waals surface area (Å²) in [6.07, 6.45) is 0.815. The maximum atomic E-state index is 8.81.